The number of hydrogen-bond donors (Lipinski definition) is 1. The van der Waals surface area contributed by atoms with E-state index in [1.54, 1.807) is 0 Å². The largest absolute Gasteiger partial charge is 0.368 e. The first-order chi connectivity index (χ1) is 2.50. The van der Waals surface area contributed by atoms with E-state index in [-0.39, 0.29) is 8.41 Å². The highest BCUT2D eigenvalue weighted by molar-refractivity contribution is 5.75. The number of rotatable bonds is 0. The lowest BCUT2D eigenvalue weighted by molar-refractivity contribution is 1.42. The zero-order valence-electron chi connectivity index (χ0n) is 3.39. The van der Waals surface area contributed by atoms with Crippen molar-refractivity contribution in [2.24, 2.45) is 0 Å². The zero-order chi connectivity index (χ0) is 3.54. The van der Waals surface area contributed by atoms with Gasteiger partial charge < -0.3 is 4.98 Å². The summed E-state index contributed by atoms with van der Waals surface area (Å²) in [5, 5.41) is 0. The molecule has 2 heteroatoms. The van der Waals surface area contributed by atoms with Gasteiger partial charge in [0.25, 0.3) is 0 Å². The van der Waals surface area contributed by atoms with Crippen molar-refractivity contribution < 1.29 is 0 Å². The van der Waals surface area contributed by atoms with E-state index in [4.69, 9.17) is 0 Å². The van der Waals surface area contributed by atoms with Gasteiger partial charge in [0.2, 0.25) is 0 Å². The molecule has 0 unspecified atom stereocenters. The van der Waals surface area contributed by atoms with Crippen LogP contribution in [0.5, 0.6) is 0 Å². The highest BCUT2D eigenvalue weighted by atomic mass is 14.6. The molecule has 1 aromatic rings. The van der Waals surface area contributed by atoms with Gasteiger partial charge in [-0.2, -0.15) is 0 Å². The second kappa shape index (κ2) is 2.58. The SMILES string of the molecule is [B].c1cc[nH]c1. The van der Waals surface area contributed by atoms with E-state index in [0.29, 0.717) is 0 Å². The molecule has 1 heterocycles. The van der Waals surface area contributed by atoms with E-state index in [0.717, 1.165) is 0 Å². The van der Waals surface area contributed by atoms with Gasteiger partial charge in [0.05, 0.1) is 0 Å². The van der Waals surface area contributed by atoms with E-state index < -0.39 is 0 Å². The number of hydrogen-bond acceptors (Lipinski definition) is 0. The summed E-state index contributed by atoms with van der Waals surface area (Å²) in [5.41, 5.74) is 0. The molecule has 6 heavy (non-hydrogen) atoms. The monoisotopic (exact) mass is 78.1 g/mol. The van der Waals surface area contributed by atoms with Crippen LogP contribution >= 0.6 is 0 Å². The first-order valence-electron chi connectivity index (χ1n) is 1.58. The fourth-order valence-electron chi connectivity index (χ4n) is 0.278. The van der Waals surface area contributed by atoms with Gasteiger partial charge in [-0.3, -0.25) is 0 Å². The summed E-state index contributed by atoms with van der Waals surface area (Å²) in [4.78, 5) is 2.86. The van der Waals surface area contributed by atoms with Gasteiger partial charge in [-0.1, -0.05) is 0 Å². The predicted octanol–water partition coefficient (Wildman–Crippen LogP) is 0.634. The Hall–Kier alpha value is -0.655. The summed E-state index contributed by atoms with van der Waals surface area (Å²) in [6.07, 6.45) is 3.75. The van der Waals surface area contributed by atoms with Gasteiger partial charge in [-0.25, -0.2) is 0 Å². The third-order valence-corrected chi connectivity index (χ3v) is 0.496. The van der Waals surface area contributed by atoms with Crippen LogP contribution < -0.4 is 0 Å². The van der Waals surface area contributed by atoms with E-state index in [1.165, 1.54) is 0 Å². The lowest BCUT2D eigenvalue weighted by Gasteiger charge is -1.49. The fraction of sp³-hybridized carbons (Fsp3) is 0. The van der Waals surface area contributed by atoms with Crippen LogP contribution in [-0.4, -0.2) is 13.4 Å². The highest BCUT2D eigenvalue weighted by Crippen LogP contribution is 1.72. The molecule has 0 saturated carbocycles. The molecule has 0 bridgehead atoms. The third-order valence-electron chi connectivity index (χ3n) is 0.496. The number of aromatic nitrogens is 1. The highest BCUT2D eigenvalue weighted by Gasteiger charge is 1.55. The van der Waals surface area contributed by atoms with E-state index in [2.05, 4.69) is 4.98 Å². The Morgan fingerprint density at radius 3 is 1.67 bits per heavy atom. The molecule has 0 atom stereocenters. The summed E-state index contributed by atoms with van der Waals surface area (Å²) in [5.74, 6) is 0. The molecular formula is C4H5BN. The first kappa shape index (κ1) is 5.34. The summed E-state index contributed by atoms with van der Waals surface area (Å²) in [6.45, 7) is 0. The van der Waals surface area contributed by atoms with Crippen molar-refractivity contribution >= 4 is 8.41 Å². The van der Waals surface area contributed by atoms with E-state index in [1.807, 2.05) is 24.5 Å². The van der Waals surface area contributed by atoms with Crippen molar-refractivity contribution in [3.8, 4) is 0 Å². The molecule has 0 spiro atoms. The fourth-order valence-corrected chi connectivity index (χ4v) is 0.278. The molecule has 1 rings (SSSR count). The van der Waals surface area contributed by atoms with Crippen molar-refractivity contribution in [1.29, 1.82) is 0 Å². The minimum Gasteiger partial charge on any atom is -0.368 e. The normalized spacial score (nSPS) is 6.67. The standard InChI is InChI=1S/C4H5N.B/c1-2-4-5-3-1;/h1-5H;. The molecule has 3 radical (unpaired) electrons. The summed E-state index contributed by atoms with van der Waals surface area (Å²) in [7, 11) is 0. The average Bonchev–Trinajstić information content (AvgIpc) is 1.76. The van der Waals surface area contributed by atoms with Gasteiger partial charge >= 0.3 is 0 Å². The molecule has 1 nitrogen and oxygen atoms in total. The third kappa shape index (κ3) is 0.974. The molecule has 0 amide bonds. The van der Waals surface area contributed by atoms with Gasteiger partial charge in [0.1, 0.15) is 0 Å². The number of H-pyrrole nitrogens is 1. The Morgan fingerprint density at radius 2 is 1.50 bits per heavy atom. The van der Waals surface area contributed by atoms with Crippen molar-refractivity contribution in [3.05, 3.63) is 24.5 Å². The van der Waals surface area contributed by atoms with Crippen LogP contribution in [0.1, 0.15) is 0 Å². The quantitative estimate of drug-likeness (QED) is 0.438. The van der Waals surface area contributed by atoms with Crippen LogP contribution in [0.15, 0.2) is 24.5 Å². The van der Waals surface area contributed by atoms with Crippen LogP contribution in [0.25, 0.3) is 0 Å². The predicted molar refractivity (Wildman–Crippen MR) is 26.5 cm³/mol. The molecule has 1 N–H and O–H groups in total. The van der Waals surface area contributed by atoms with Gasteiger partial charge in [-0.15, -0.1) is 0 Å². The minimum absolute atomic E-state index is 0. The van der Waals surface area contributed by atoms with Crippen molar-refractivity contribution in [2.45, 2.75) is 0 Å². The Balaban J connectivity index is 0.000000250. The van der Waals surface area contributed by atoms with Gasteiger partial charge in [0.15, 0.2) is 0 Å². The molecule has 0 aliphatic rings. The minimum atomic E-state index is 0. The average molecular weight is 77.9 g/mol. The maximum absolute atomic E-state index is 2.86. The van der Waals surface area contributed by atoms with Crippen molar-refractivity contribution in [2.75, 3.05) is 0 Å². The van der Waals surface area contributed by atoms with E-state index >= 15 is 0 Å². The molecule has 0 aromatic carbocycles. The van der Waals surface area contributed by atoms with Crippen LogP contribution in [0.2, 0.25) is 0 Å². The molecule has 0 aliphatic carbocycles. The lowest BCUT2D eigenvalue weighted by atomic mass is 10.7. The Kier molecular flexibility index (Phi) is 2.29. The van der Waals surface area contributed by atoms with Crippen LogP contribution in [0.4, 0.5) is 0 Å². The van der Waals surface area contributed by atoms with Crippen LogP contribution in [0.3, 0.4) is 0 Å². The summed E-state index contributed by atoms with van der Waals surface area (Å²) in [6, 6.07) is 3.89. The van der Waals surface area contributed by atoms with Gasteiger partial charge in [-0.05, 0) is 12.1 Å². The molecule has 29 valence electrons. The van der Waals surface area contributed by atoms with Crippen LogP contribution in [-0.2, 0) is 0 Å². The maximum atomic E-state index is 2.86. The summed E-state index contributed by atoms with van der Waals surface area (Å²) >= 11 is 0. The van der Waals surface area contributed by atoms with E-state index in [9.17, 15) is 0 Å². The summed E-state index contributed by atoms with van der Waals surface area (Å²) < 4.78 is 0. The Labute approximate surface area is 39.0 Å². The number of aromatic amines is 1. The topological polar surface area (TPSA) is 15.8 Å². The Morgan fingerprint density at radius 1 is 1.00 bits per heavy atom. The maximum Gasteiger partial charge on any atom is 0.000496 e. The second-order valence-electron chi connectivity index (χ2n) is 0.885. The molecule has 0 saturated heterocycles. The molecule has 0 fully saturated rings. The molecular weight excluding hydrogens is 72.9 g/mol. The van der Waals surface area contributed by atoms with Gasteiger partial charge in [0, 0.05) is 20.8 Å². The zero-order valence-corrected chi connectivity index (χ0v) is 3.39. The first-order valence-corrected chi connectivity index (χ1v) is 1.58. The molecule has 1 aromatic heterocycles. The Bertz CT molecular complexity index is 64.0. The lowest BCUT2D eigenvalue weighted by Crippen LogP contribution is -1.38. The van der Waals surface area contributed by atoms with Crippen molar-refractivity contribution in [1.82, 2.24) is 4.98 Å². The van der Waals surface area contributed by atoms with Crippen molar-refractivity contribution in [3.63, 3.8) is 0 Å². The smallest absolute Gasteiger partial charge is 0.000496 e. The number of nitrogens with one attached hydrogen (secondary N) is 1. The second-order valence-corrected chi connectivity index (χ2v) is 0.885. The van der Waals surface area contributed by atoms with Crippen LogP contribution in [0, 0.1) is 0 Å². The molecule has 0 aliphatic heterocycles.